The van der Waals surface area contributed by atoms with Crippen molar-refractivity contribution in [2.24, 2.45) is 20.9 Å². The fraction of sp³-hybridized carbons (Fsp3) is 0.667. The maximum Gasteiger partial charge on any atom is 0.237 e. The van der Waals surface area contributed by atoms with E-state index >= 15 is 0 Å². The molecule has 0 aromatic rings. The Morgan fingerprint density at radius 1 is 1.13 bits per heavy atom. The van der Waals surface area contributed by atoms with Gasteiger partial charge in [-0.05, 0) is 19.3 Å². The Kier molecular flexibility index (Phi) is 3.83. The molecule has 0 heterocycles. The second-order valence-corrected chi connectivity index (χ2v) is 3.31. The quantitative estimate of drug-likeness (QED) is 0.496. The molecular weight excluding hydrogens is 198 g/mol. The molecule has 0 radical (unpaired) electrons. The average Bonchev–Trinajstić information content (AvgIpc) is 2.59. The van der Waals surface area contributed by atoms with Crippen molar-refractivity contribution in [2.45, 2.75) is 24.9 Å². The third kappa shape index (κ3) is 2.33. The van der Waals surface area contributed by atoms with Gasteiger partial charge < -0.3 is 0 Å². The SMILES string of the molecule is O=C=NCC1CCCC1(N=C=O)N=C=O. The maximum atomic E-state index is 10.3. The van der Waals surface area contributed by atoms with Crippen molar-refractivity contribution in [2.75, 3.05) is 6.54 Å². The number of rotatable bonds is 4. The summed E-state index contributed by atoms with van der Waals surface area (Å²) in [5.41, 5.74) is -1.11. The Morgan fingerprint density at radius 3 is 2.33 bits per heavy atom. The van der Waals surface area contributed by atoms with Crippen LogP contribution in [0.5, 0.6) is 0 Å². The minimum absolute atomic E-state index is 0.167. The van der Waals surface area contributed by atoms with Crippen LogP contribution in [0.4, 0.5) is 0 Å². The summed E-state index contributed by atoms with van der Waals surface area (Å²) in [5.74, 6) is -0.221. The van der Waals surface area contributed by atoms with Gasteiger partial charge in [-0.2, -0.15) is 9.98 Å². The fourth-order valence-corrected chi connectivity index (χ4v) is 1.91. The highest BCUT2D eigenvalue weighted by atomic mass is 16.1. The van der Waals surface area contributed by atoms with Gasteiger partial charge in [0.25, 0.3) is 0 Å². The van der Waals surface area contributed by atoms with E-state index in [4.69, 9.17) is 0 Å². The molecule has 0 amide bonds. The van der Waals surface area contributed by atoms with Crippen LogP contribution in [0.1, 0.15) is 19.3 Å². The van der Waals surface area contributed by atoms with Gasteiger partial charge in [-0.25, -0.2) is 19.4 Å². The lowest BCUT2D eigenvalue weighted by molar-refractivity contribution is 0.337. The van der Waals surface area contributed by atoms with E-state index in [1.807, 2.05) is 0 Å². The van der Waals surface area contributed by atoms with Gasteiger partial charge in [0, 0.05) is 5.92 Å². The molecule has 1 fully saturated rings. The molecule has 6 nitrogen and oxygen atoms in total. The topological polar surface area (TPSA) is 88.3 Å². The molecule has 0 aromatic carbocycles. The van der Waals surface area contributed by atoms with Gasteiger partial charge in [-0.1, -0.05) is 0 Å². The zero-order valence-corrected chi connectivity index (χ0v) is 7.97. The molecule has 6 heteroatoms. The van der Waals surface area contributed by atoms with Crippen molar-refractivity contribution in [3.8, 4) is 0 Å². The minimum Gasteiger partial charge on any atom is -0.211 e. The van der Waals surface area contributed by atoms with Crippen LogP contribution in [0.25, 0.3) is 0 Å². The molecule has 0 bridgehead atoms. The molecule has 0 aromatic heterocycles. The first kappa shape index (κ1) is 11.2. The standard InChI is InChI=1S/C9H9N3O3/c13-5-10-4-8-2-1-3-9(8,11-6-14)12-7-15/h8H,1-4H2. The van der Waals surface area contributed by atoms with Gasteiger partial charge in [-0.15, -0.1) is 0 Å². The normalized spacial score (nSPS) is 28.4. The van der Waals surface area contributed by atoms with Gasteiger partial charge in [0.15, 0.2) is 5.66 Å². The van der Waals surface area contributed by atoms with E-state index in [1.165, 1.54) is 18.2 Å². The maximum absolute atomic E-state index is 10.3. The van der Waals surface area contributed by atoms with Crippen molar-refractivity contribution in [3.05, 3.63) is 0 Å². The van der Waals surface area contributed by atoms with Gasteiger partial charge in [0.1, 0.15) is 0 Å². The summed E-state index contributed by atoms with van der Waals surface area (Å²) in [4.78, 5) is 41.1. The van der Waals surface area contributed by atoms with E-state index in [1.54, 1.807) is 0 Å². The lowest BCUT2D eigenvalue weighted by Gasteiger charge is -2.21. The number of isocyanates is 3. The van der Waals surface area contributed by atoms with E-state index in [9.17, 15) is 14.4 Å². The third-order valence-corrected chi connectivity index (χ3v) is 2.61. The molecule has 1 saturated carbocycles. The second kappa shape index (κ2) is 5.13. The summed E-state index contributed by atoms with van der Waals surface area (Å²) < 4.78 is 0. The zero-order valence-electron chi connectivity index (χ0n) is 7.97. The summed E-state index contributed by atoms with van der Waals surface area (Å²) in [6, 6.07) is 0. The van der Waals surface area contributed by atoms with Gasteiger partial charge in [0.05, 0.1) is 6.54 Å². The first-order chi connectivity index (χ1) is 7.29. The first-order valence-corrected chi connectivity index (χ1v) is 4.51. The van der Waals surface area contributed by atoms with Crippen molar-refractivity contribution >= 4 is 18.2 Å². The van der Waals surface area contributed by atoms with Crippen LogP contribution < -0.4 is 0 Å². The van der Waals surface area contributed by atoms with Crippen LogP contribution in [-0.2, 0) is 14.4 Å². The number of hydrogen-bond acceptors (Lipinski definition) is 6. The Labute approximate surface area is 85.8 Å². The highest BCUT2D eigenvalue weighted by Crippen LogP contribution is 2.39. The van der Waals surface area contributed by atoms with Crippen LogP contribution in [0.2, 0.25) is 0 Å². The predicted molar refractivity (Wildman–Crippen MR) is 49.3 cm³/mol. The average molecular weight is 207 g/mol. The molecule has 0 spiro atoms. The molecule has 1 rings (SSSR count). The Bertz CT molecular complexity index is 356. The Balaban J connectivity index is 2.98. The predicted octanol–water partition coefficient (Wildman–Crippen LogP) is 0.490. The lowest BCUT2D eigenvalue weighted by Crippen LogP contribution is -2.30. The zero-order chi connectivity index (χ0) is 11.1. The van der Waals surface area contributed by atoms with Crippen LogP contribution in [0, 0.1) is 5.92 Å². The van der Waals surface area contributed by atoms with Crippen molar-refractivity contribution < 1.29 is 14.4 Å². The lowest BCUT2D eigenvalue weighted by atomic mass is 9.97. The van der Waals surface area contributed by atoms with Crippen molar-refractivity contribution in [1.29, 1.82) is 0 Å². The van der Waals surface area contributed by atoms with Crippen LogP contribution in [-0.4, -0.2) is 30.4 Å². The van der Waals surface area contributed by atoms with Crippen LogP contribution >= 0.6 is 0 Å². The van der Waals surface area contributed by atoms with E-state index in [-0.39, 0.29) is 12.5 Å². The first-order valence-electron chi connectivity index (χ1n) is 4.51. The number of carbonyl (C=O) groups excluding carboxylic acids is 3. The van der Waals surface area contributed by atoms with Gasteiger partial charge in [0.2, 0.25) is 18.2 Å². The number of hydrogen-bond donors (Lipinski definition) is 0. The summed E-state index contributed by atoms with van der Waals surface area (Å²) in [7, 11) is 0. The molecule has 15 heavy (non-hydrogen) atoms. The van der Waals surface area contributed by atoms with E-state index in [0.717, 1.165) is 6.42 Å². The van der Waals surface area contributed by atoms with Gasteiger partial charge in [-0.3, -0.25) is 0 Å². The number of aliphatic imine (C=N–C) groups is 3. The Morgan fingerprint density at radius 2 is 1.80 bits per heavy atom. The van der Waals surface area contributed by atoms with Crippen LogP contribution in [0.3, 0.4) is 0 Å². The molecule has 0 aliphatic heterocycles. The molecule has 0 saturated heterocycles. The minimum atomic E-state index is -1.11. The molecule has 1 atom stereocenters. The summed E-state index contributed by atoms with van der Waals surface area (Å²) in [6.07, 6.45) is 6.18. The van der Waals surface area contributed by atoms with Crippen LogP contribution in [0.15, 0.2) is 15.0 Å². The third-order valence-electron chi connectivity index (χ3n) is 2.61. The molecule has 1 aliphatic carbocycles. The molecular formula is C9H9N3O3. The highest BCUT2D eigenvalue weighted by molar-refractivity contribution is 5.40. The molecule has 78 valence electrons. The molecule has 1 aliphatic rings. The fourth-order valence-electron chi connectivity index (χ4n) is 1.91. The summed E-state index contributed by atoms with van der Waals surface area (Å²) >= 11 is 0. The van der Waals surface area contributed by atoms with E-state index in [0.29, 0.717) is 12.8 Å². The molecule has 1 unspecified atom stereocenters. The number of nitrogens with zero attached hydrogens (tertiary/aromatic N) is 3. The molecule has 0 N–H and O–H groups in total. The second-order valence-electron chi connectivity index (χ2n) is 3.31. The monoisotopic (exact) mass is 207 g/mol. The van der Waals surface area contributed by atoms with E-state index < -0.39 is 5.66 Å². The van der Waals surface area contributed by atoms with Crippen molar-refractivity contribution in [3.63, 3.8) is 0 Å². The van der Waals surface area contributed by atoms with Crippen molar-refractivity contribution in [1.82, 2.24) is 0 Å². The van der Waals surface area contributed by atoms with Gasteiger partial charge >= 0.3 is 0 Å². The van der Waals surface area contributed by atoms with E-state index in [2.05, 4.69) is 15.0 Å². The largest absolute Gasteiger partial charge is 0.237 e. The summed E-state index contributed by atoms with van der Waals surface area (Å²) in [5, 5.41) is 0. The highest BCUT2D eigenvalue weighted by Gasteiger charge is 2.43. The smallest absolute Gasteiger partial charge is 0.211 e. The summed E-state index contributed by atoms with van der Waals surface area (Å²) in [6.45, 7) is 0.167. The Hall–Kier alpha value is -1.86.